The number of rotatable bonds is 6. The highest BCUT2D eigenvalue weighted by Crippen LogP contribution is 2.26. The van der Waals surface area contributed by atoms with Gasteiger partial charge in [-0.2, -0.15) is 0 Å². The molecule has 3 rings (SSSR count). The van der Waals surface area contributed by atoms with E-state index in [2.05, 4.69) is 22.4 Å². The lowest BCUT2D eigenvalue weighted by atomic mass is 9.96. The van der Waals surface area contributed by atoms with E-state index in [4.69, 9.17) is 0 Å². The van der Waals surface area contributed by atoms with Gasteiger partial charge in [-0.05, 0) is 30.2 Å². The third kappa shape index (κ3) is 4.06. The first-order valence-electron chi connectivity index (χ1n) is 7.74. The van der Waals surface area contributed by atoms with Gasteiger partial charge in [0.15, 0.2) is 0 Å². The van der Waals surface area contributed by atoms with Crippen molar-refractivity contribution in [3.63, 3.8) is 0 Å². The van der Waals surface area contributed by atoms with E-state index in [0.717, 1.165) is 15.4 Å². The molecule has 24 heavy (non-hydrogen) atoms. The van der Waals surface area contributed by atoms with Crippen molar-refractivity contribution in [3.8, 4) is 10.4 Å². The molecule has 0 aliphatic carbocycles. The summed E-state index contributed by atoms with van der Waals surface area (Å²) < 4.78 is 13.0. The van der Waals surface area contributed by atoms with E-state index >= 15 is 0 Å². The normalized spacial score (nSPS) is 13.6. The lowest BCUT2D eigenvalue weighted by molar-refractivity contribution is 0.0566. The first kappa shape index (κ1) is 16.8. The summed E-state index contributed by atoms with van der Waals surface area (Å²) in [6, 6.07) is 16.0. The Morgan fingerprint density at radius 1 is 1.12 bits per heavy atom. The molecular formula is C19H19FN2OS. The Balaban J connectivity index is 1.58. The fourth-order valence-electron chi connectivity index (χ4n) is 2.45. The molecule has 1 heterocycles. The monoisotopic (exact) mass is 342 g/mol. The van der Waals surface area contributed by atoms with E-state index in [0.29, 0.717) is 18.7 Å². The molecule has 1 atom stereocenters. The maximum Gasteiger partial charge on any atom is 0.123 e. The number of aromatic nitrogens is 1. The lowest BCUT2D eigenvalue weighted by Gasteiger charge is -2.24. The second-order valence-corrected chi connectivity index (χ2v) is 6.98. The van der Waals surface area contributed by atoms with Gasteiger partial charge in [-0.1, -0.05) is 42.5 Å². The summed E-state index contributed by atoms with van der Waals surface area (Å²) >= 11 is 1.63. The van der Waals surface area contributed by atoms with E-state index in [1.54, 1.807) is 30.4 Å². The second kappa shape index (κ2) is 7.21. The molecular weight excluding hydrogens is 323 g/mol. The molecule has 0 fully saturated rings. The van der Waals surface area contributed by atoms with Crippen LogP contribution in [0.4, 0.5) is 4.39 Å². The molecule has 3 nitrogen and oxygen atoms in total. The molecule has 124 valence electrons. The van der Waals surface area contributed by atoms with Crippen LogP contribution in [-0.2, 0) is 12.1 Å². The van der Waals surface area contributed by atoms with Gasteiger partial charge < -0.3 is 10.4 Å². The Morgan fingerprint density at radius 3 is 2.54 bits per heavy atom. The number of benzene rings is 2. The Kier molecular flexibility index (Phi) is 5.04. The topological polar surface area (TPSA) is 45.1 Å². The second-order valence-electron chi connectivity index (χ2n) is 5.87. The van der Waals surface area contributed by atoms with Crippen molar-refractivity contribution < 1.29 is 9.50 Å². The van der Waals surface area contributed by atoms with Crippen molar-refractivity contribution in [3.05, 3.63) is 77.2 Å². The van der Waals surface area contributed by atoms with Crippen LogP contribution in [0.5, 0.6) is 0 Å². The average molecular weight is 342 g/mol. The van der Waals surface area contributed by atoms with E-state index in [9.17, 15) is 9.50 Å². The Hall–Kier alpha value is -2.08. The van der Waals surface area contributed by atoms with Gasteiger partial charge in [-0.15, -0.1) is 11.3 Å². The van der Waals surface area contributed by atoms with Gasteiger partial charge in [0.05, 0.1) is 10.5 Å². The summed E-state index contributed by atoms with van der Waals surface area (Å²) in [5.74, 6) is -0.307. The van der Waals surface area contributed by atoms with Gasteiger partial charge in [0, 0.05) is 19.3 Å². The molecule has 0 saturated heterocycles. The maximum absolute atomic E-state index is 13.0. The number of nitrogens with one attached hydrogen (secondary N) is 1. The van der Waals surface area contributed by atoms with Gasteiger partial charge in [0.25, 0.3) is 0 Å². The Morgan fingerprint density at radius 2 is 1.83 bits per heavy atom. The number of hydrogen-bond donors (Lipinski definition) is 2. The van der Waals surface area contributed by atoms with Crippen LogP contribution in [0.1, 0.15) is 17.5 Å². The zero-order valence-electron chi connectivity index (χ0n) is 13.4. The molecule has 1 unspecified atom stereocenters. The molecule has 0 bridgehead atoms. The number of thiazole rings is 1. The predicted octanol–water partition coefficient (Wildman–Crippen LogP) is 3.95. The van der Waals surface area contributed by atoms with Crippen LogP contribution in [0, 0.1) is 5.82 Å². The van der Waals surface area contributed by atoms with Crippen molar-refractivity contribution >= 4 is 11.3 Å². The van der Waals surface area contributed by atoms with Crippen molar-refractivity contribution in [1.29, 1.82) is 0 Å². The summed E-state index contributed by atoms with van der Waals surface area (Å²) in [6.45, 7) is 2.65. The molecule has 3 aromatic rings. The highest BCUT2D eigenvalue weighted by Gasteiger charge is 2.22. The van der Waals surface area contributed by atoms with Crippen LogP contribution in [0.2, 0.25) is 0 Å². The smallest absolute Gasteiger partial charge is 0.123 e. The van der Waals surface area contributed by atoms with Gasteiger partial charge in [0.2, 0.25) is 0 Å². The summed E-state index contributed by atoms with van der Waals surface area (Å²) in [5.41, 5.74) is 0.771. The number of aliphatic hydroxyl groups is 1. The first-order chi connectivity index (χ1) is 11.5. The maximum atomic E-state index is 13.0. The van der Waals surface area contributed by atoms with Crippen LogP contribution >= 0.6 is 11.3 Å². The number of halogens is 1. The third-order valence-electron chi connectivity index (χ3n) is 3.82. The minimum atomic E-state index is -1.06. The summed E-state index contributed by atoms with van der Waals surface area (Å²) in [5, 5.41) is 14.7. The van der Waals surface area contributed by atoms with Gasteiger partial charge in [0.1, 0.15) is 10.8 Å². The molecule has 0 spiro atoms. The lowest BCUT2D eigenvalue weighted by Crippen LogP contribution is -2.35. The molecule has 2 N–H and O–H groups in total. The minimum Gasteiger partial charge on any atom is -0.384 e. The zero-order chi connectivity index (χ0) is 17.0. The summed E-state index contributed by atoms with van der Waals surface area (Å²) in [4.78, 5) is 5.54. The summed E-state index contributed by atoms with van der Waals surface area (Å²) in [7, 11) is 0. The van der Waals surface area contributed by atoms with Crippen LogP contribution in [0.3, 0.4) is 0 Å². The average Bonchev–Trinajstić information content (AvgIpc) is 3.05. The highest BCUT2D eigenvalue weighted by molar-refractivity contribution is 7.15. The minimum absolute atomic E-state index is 0.307. The number of nitrogens with zero attached hydrogens (tertiary/aromatic N) is 1. The molecule has 2 aromatic carbocycles. The van der Waals surface area contributed by atoms with Crippen LogP contribution in [-0.4, -0.2) is 16.6 Å². The fraction of sp³-hybridized carbons (Fsp3) is 0.211. The van der Waals surface area contributed by atoms with Crippen molar-refractivity contribution in [2.75, 3.05) is 6.54 Å². The van der Waals surface area contributed by atoms with E-state index in [1.807, 2.05) is 24.4 Å². The van der Waals surface area contributed by atoms with Crippen molar-refractivity contribution in [2.45, 2.75) is 19.1 Å². The highest BCUT2D eigenvalue weighted by atomic mass is 32.1. The van der Waals surface area contributed by atoms with Crippen LogP contribution in [0.15, 0.2) is 60.8 Å². The molecule has 5 heteroatoms. The quantitative estimate of drug-likeness (QED) is 0.713. The van der Waals surface area contributed by atoms with Crippen molar-refractivity contribution in [1.82, 2.24) is 10.3 Å². The van der Waals surface area contributed by atoms with E-state index < -0.39 is 5.60 Å². The largest absolute Gasteiger partial charge is 0.384 e. The van der Waals surface area contributed by atoms with Gasteiger partial charge in [-0.25, -0.2) is 9.37 Å². The molecule has 1 aromatic heterocycles. The van der Waals surface area contributed by atoms with Crippen LogP contribution < -0.4 is 5.32 Å². The molecule has 0 radical (unpaired) electrons. The Bertz CT molecular complexity index is 785. The fourth-order valence-corrected chi connectivity index (χ4v) is 3.34. The molecule has 0 saturated carbocycles. The third-order valence-corrected chi connectivity index (χ3v) is 4.87. The number of hydrogen-bond acceptors (Lipinski definition) is 4. The predicted molar refractivity (Wildman–Crippen MR) is 95.2 cm³/mol. The molecule has 0 aliphatic heterocycles. The van der Waals surface area contributed by atoms with E-state index in [1.165, 1.54) is 12.1 Å². The van der Waals surface area contributed by atoms with Crippen molar-refractivity contribution in [2.24, 2.45) is 0 Å². The standard InChI is InChI=1S/C19H19FN2OS/c1-19(23,15-7-9-16(20)10-8-15)13-21-12-18-22-11-17(24-18)14-5-3-2-4-6-14/h2-11,21,23H,12-13H2,1H3. The van der Waals surface area contributed by atoms with E-state index in [-0.39, 0.29) is 5.82 Å². The Labute approximate surface area is 144 Å². The first-order valence-corrected chi connectivity index (χ1v) is 8.55. The molecule has 0 aliphatic rings. The SMILES string of the molecule is CC(O)(CNCc1ncc(-c2ccccc2)s1)c1ccc(F)cc1. The van der Waals surface area contributed by atoms with Gasteiger partial charge >= 0.3 is 0 Å². The van der Waals surface area contributed by atoms with Crippen LogP contribution in [0.25, 0.3) is 10.4 Å². The zero-order valence-corrected chi connectivity index (χ0v) is 14.2. The van der Waals surface area contributed by atoms with Gasteiger partial charge in [-0.3, -0.25) is 0 Å². The molecule has 0 amide bonds. The summed E-state index contributed by atoms with van der Waals surface area (Å²) in [6.07, 6.45) is 1.87.